The van der Waals surface area contributed by atoms with E-state index in [-0.39, 0.29) is 6.61 Å². The molecule has 3 rings (SSSR count). The molecule has 1 aromatic heterocycles. The van der Waals surface area contributed by atoms with Gasteiger partial charge in [-0.3, -0.25) is 4.98 Å². The van der Waals surface area contributed by atoms with Crippen molar-refractivity contribution >= 4 is 34.2 Å². The van der Waals surface area contributed by atoms with Gasteiger partial charge in [0.05, 0.1) is 12.1 Å². The minimum absolute atomic E-state index is 0.153. The lowest BCUT2D eigenvalue weighted by Gasteiger charge is -2.25. The number of hydrogen-bond acceptors (Lipinski definition) is 4. The zero-order chi connectivity index (χ0) is 14.2. The van der Waals surface area contributed by atoms with Crippen molar-refractivity contribution in [3.63, 3.8) is 0 Å². The summed E-state index contributed by atoms with van der Waals surface area (Å²) in [7, 11) is 0. The van der Waals surface area contributed by atoms with Crippen molar-refractivity contribution < 1.29 is 14.6 Å². The minimum Gasteiger partial charge on any atom is -0.479 e. The van der Waals surface area contributed by atoms with E-state index >= 15 is 0 Å². The molecule has 1 unspecified atom stereocenters. The first kappa shape index (κ1) is 13.1. The summed E-state index contributed by atoms with van der Waals surface area (Å²) in [5.74, 6) is -0.908. The molecule has 0 saturated carbocycles. The summed E-state index contributed by atoms with van der Waals surface area (Å²) in [6.45, 7) is 0.591. The molecule has 104 valence electrons. The molecular formula is C14H13ClN2O3. The smallest absolute Gasteiger partial charge is 0.331 e. The first-order valence-electron chi connectivity index (χ1n) is 6.24. The van der Waals surface area contributed by atoms with Crippen LogP contribution >= 0.6 is 11.6 Å². The van der Waals surface area contributed by atoms with Crippen LogP contribution < -0.4 is 5.32 Å². The van der Waals surface area contributed by atoms with Gasteiger partial charge in [0.15, 0.2) is 5.54 Å². The van der Waals surface area contributed by atoms with Crippen LogP contribution in [-0.4, -0.2) is 34.8 Å². The average molecular weight is 293 g/mol. The number of pyridine rings is 1. The standard InChI is InChI=1S/C14H13ClN2O3/c15-9-1-2-10-11(3-5-16-12(10)7-9)17-14(13(18)19)4-6-20-8-14/h1-3,5,7H,4,6,8H2,(H,16,17)(H,18,19). The zero-order valence-corrected chi connectivity index (χ0v) is 11.4. The number of rotatable bonds is 3. The normalized spacial score (nSPS) is 22.1. The fourth-order valence-electron chi connectivity index (χ4n) is 2.37. The fourth-order valence-corrected chi connectivity index (χ4v) is 2.54. The summed E-state index contributed by atoms with van der Waals surface area (Å²) < 4.78 is 5.25. The maximum Gasteiger partial charge on any atom is 0.331 e. The van der Waals surface area contributed by atoms with Crippen LogP contribution in [0.25, 0.3) is 10.9 Å². The summed E-state index contributed by atoms with van der Waals surface area (Å²) in [4.78, 5) is 15.8. The molecule has 2 aromatic rings. The number of hydrogen-bond donors (Lipinski definition) is 2. The van der Waals surface area contributed by atoms with Gasteiger partial charge in [0.1, 0.15) is 0 Å². The summed E-state index contributed by atoms with van der Waals surface area (Å²) in [6, 6.07) is 7.10. The largest absolute Gasteiger partial charge is 0.479 e. The van der Waals surface area contributed by atoms with Crippen LogP contribution in [0.1, 0.15) is 6.42 Å². The first-order chi connectivity index (χ1) is 9.61. The van der Waals surface area contributed by atoms with Crippen LogP contribution in [0.2, 0.25) is 5.02 Å². The van der Waals surface area contributed by atoms with E-state index in [1.54, 1.807) is 24.4 Å². The lowest BCUT2D eigenvalue weighted by atomic mass is 9.98. The van der Waals surface area contributed by atoms with Crippen molar-refractivity contribution in [2.24, 2.45) is 0 Å². The van der Waals surface area contributed by atoms with E-state index in [1.807, 2.05) is 6.07 Å². The molecule has 0 amide bonds. The number of benzene rings is 1. The van der Waals surface area contributed by atoms with Gasteiger partial charge >= 0.3 is 5.97 Å². The third-order valence-corrected chi connectivity index (χ3v) is 3.74. The molecule has 2 N–H and O–H groups in total. The minimum atomic E-state index is -1.08. The SMILES string of the molecule is O=C(O)C1(Nc2ccnc3cc(Cl)ccc23)CCOC1. The average Bonchev–Trinajstić information content (AvgIpc) is 2.88. The topological polar surface area (TPSA) is 71.5 Å². The van der Waals surface area contributed by atoms with Gasteiger partial charge in [0, 0.05) is 35.3 Å². The van der Waals surface area contributed by atoms with E-state index < -0.39 is 11.5 Å². The van der Waals surface area contributed by atoms with E-state index in [2.05, 4.69) is 10.3 Å². The summed E-state index contributed by atoms with van der Waals surface area (Å²) in [5.41, 5.74) is 0.370. The Bertz CT molecular complexity index is 669. The number of carboxylic acid groups (broad SMARTS) is 1. The third kappa shape index (κ3) is 2.19. The number of nitrogens with zero attached hydrogens (tertiary/aromatic N) is 1. The van der Waals surface area contributed by atoms with E-state index in [0.29, 0.717) is 18.1 Å². The van der Waals surface area contributed by atoms with Gasteiger partial charge in [0.2, 0.25) is 0 Å². The predicted molar refractivity (Wildman–Crippen MR) is 76.2 cm³/mol. The molecule has 0 bridgehead atoms. The van der Waals surface area contributed by atoms with Crippen LogP contribution in [-0.2, 0) is 9.53 Å². The Balaban J connectivity index is 2.04. The zero-order valence-electron chi connectivity index (χ0n) is 10.6. The number of nitrogens with one attached hydrogen (secondary N) is 1. The van der Waals surface area contributed by atoms with Crippen LogP contribution in [0.3, 0.4) is 0 Å². The monoisotopic (exact) mass is 292 g/mol. The van der Waals surface area contributed by atoms with E-state index in [0.717, 1.165) is 16.6 Å². The number of anilines is 1. The molecule has 0 aliphatic carbocycles. The Morgan fingerprint density at radius 2 is 2.30 bits per heavy atom. The van der Waals surface area contributed by atoms with Gasteiger partial charge < -0.3 is 15.2 Å². The molecule has 6 heteroatoms. The Morgan fingerprint density at radius 3 is 3.00 bits per heavy atom. The number of aliphatic carboxylic acids is 1. The second kappa shape index (κ2) is 4.92. The molecular weight excluding hydrogens is 280 g/mol. The lowest BCUT2D eigenvalue weighted by Crippen LogP contribution is -2.47. The molecule has 1 fully saturated rings. The number of aromatic nitrogens is 1. The van der Waals surface area contributed by atoms with Gasteiger partial charge in [-0.05, 0) is 24.3 Å². The molecule has 5 nitrogen and oxygen atoms in total. The number of carbonyl (C=O) groups is 1. The first-order valence-corrected chi connectivity index (χ1v) is 6.62. The molecule has 1 saturated heterocycles. The van der Waals surface area contributed by atoms with Gasteiger partial charge in [-0.2, -0.15) is 0 Å². The van der Waals surface area contributed by atoms with Crippen molar-refractivity contribution in [2.45, 2.75) is 12.0 Å². The Morgan fingerprint density at radius 1 is 1.45 bits per heavy atom. The maximum absolute atomic E-state index is 11.5. The fraction of sp³-hybridized carbons (Fsp3) is 0.286. The Labute approximate surface area is 120 Å². The highest BCUT2D eigenvalue weighted by molar-refractivity contribution is 6.31. The highest BCUT2D eigenvalue weighted by Crippen LogP contribution is 2.30. The van der Waals surface area contributed by atoms with Crippen LogP contribution in [0, 0.1) is 0 Å². The highest BCUT2D eigenvalue weighted by Gasteiger charge is 2.42. The van der Waals surface area contributed by atoms with E-state index in [9.17, 15) is 9.90 Å². The van der Waals surface area contributed by atoms with Crippen molar-refractivity contribution in [3.05, 3.63) is 35.5 Å². The van der Waals surface area contributed by atoms with E-state index in [1.165, 1.54) is 0 Å². The highest BCUT2D eigenvalue weighted by atomic mass is 35.5. The molecule has 1 aliphatic rings. The van der Waals surface area contributed by atoms with Crippen LogP contribution in [0.15, 0.2) is 30.5 Å². The molecule has 1 aromatic carbocycles. The van der Waals surface area contributed by atoms with Crippen LogP contribution in [0.4, 0.5) is 5.69 Å². The number of carboxylic acids is 1. The van der Waals surface area contributed by atoms with Gasteiger partial charge in [-0.1, -0.05) is 11.6 Å². The quantitative estimate of drug-likeness (QED) is 0.909. The Kier molecular flexibility index (Phi) is 3.23. The molecule has 20 heavy (non-hydrogen) atoms. The Hall–Kier alpha value is -1.85. The van der Waals surface area contributed by atoms with Crippen molar-refractivity contribution in [3.8, 4) is 0 Å². The number of fused-ring (bicyclic) bond motifs is 1. The predicted octanol–water partition coefficient (Wildman–Crippen LogP) is 2.54. The number of ether oxygens (including phenoxy) is 1. The molecule has 2 heterocycles. The number of halogens is 1. The molecule has 0 radical (unpaired) electrons. The molecule has 1 aliphatic heterocycles. The van der Waals surface area contributed by atoms with Gasteiger partial charge in [0.25, 0.3) is 0 Å². The van der Waals surface area contributed by atoms with Gasteiger partial charge in [-0.15, -0.1) is 0 Å². The second-order valence-electron chi connectivity index (χ2n) is 4.83. The van der Waals surface area contributed by atoms with E-state index in [4.69, 9.17) is 16.3 Å². The molecule has 0 spiro atoms. The summed E-state index contributed by atoms with van der Waals surface area (Å²) in [6.07, 6.45) is 2.06. The summed E-state index contributed by atoms with van der Waals surface area (Å²) in [5, 5.41) is 14.0. The van der Waals surface area contributed by atoms with Crippen molar-refractivity contribution in [2.75, 3.05) is 18.5 Å². The van der Waals surface area contributed by atoms with Crippen LogP contribution in [0.5, 0.6) is 0 Å². The van der Waals surface area contributed by atoms with Crippen molar-refractivity contribution in [1.82, 2.24) is 4.98 Å². The van der Waals surface area contributed by atoms with Gasteiger partial charge in [-0.25, -0.2) is 4.79 Å². The lowest BCUT2D eigenvalue weighted by molar-refractivity contribution is -0.142. The summed E-state index contributed by atoms with van der Waals surface area (Å²) >= 11 is 5.94. The third-order valence-electron chi connectivity index (χ3n) is 3.51. The second-order valence-corrected chi connectivity index (χ2v) is 5.27. The van der Waals surface area contributed by atoms with Crippen molar-refractivity contribution in [1.29, 1.82) is 0 Å². The molecule has 1 atom stereocenters. The maximum atomic E-state index is 11.5.